The molecule has 0 amide bonds. The number of hydrogen-bond donors (Lipinski definition) is 2. The van der Waals surface area contributed by atoms with Gasteiger partial charge in [0.2, 0.25) is 0 Å². The lowest BCUT2D eigenvalue weighted by atomic mass is 10.00. The van der Waals surface area contributed by atoms with Gasteiger partial charge in [0.25, 0.3) is 0 Å². The second kappa shape index (κ2) is 6.07. The number of hydrazine groups is 1. The van der Waals surface area contributed by atoms with Gasteiger partial charge in [-0.15, -0.1) is 0 Å². The van der Waals surface area contributed by atoms with Crippen molar-refractivity contribution >= 4 is 34.5 Å². The maximum Gasteiger partial charge on any atom is 0.107 e. The van der Waals surface area contributed by atoms with Gasteiger partial charge in [-0.2, -0.15) is 0 Å². The van der Waals surface area contributed by atoms with E-state index in [1.807, 2.05) is 18.2 Å². The molecule has 1 aliphatic rings. The number of nitrogens with one attached hydrogen (secondary N) is 1. The number of thiocarbonyl (C=S) groups is 1. The summed E-state index contributed by atoms with van der Waals surface area (Å²) in [6.45, 7) is 4.46. The minimum Gasteiger partial charge on any atom is -0.389 e. The molecule has 0 saturated carbocycles. The first-order chi connectivity index (χ1) is 9.00. The summed E-state index contributed by atoms with van der Waals surface area (Å²) < 4.78 is 0. The summed E-state index contributed by atoms with van der Waals surface area (Å²) in [5.41, 5.74) is 10.8. The van der Waals surface area contributed by atoms with Crippen LogP contribution in [-0.4, -0.2) is 22.1 Å². The number of hydrogen-bond acceptors (Lipinski definition) is 3. The van der Waals surface area contributed by atoms with Crippen LogP contribution in [0.25, 0.3) is 0 Å². The van der Waals surface area contributed by atoms with Crippen LogP contribution in [0.4, 0.5) is 5.69 Å². The van der Waals surface area contributed by atoms with Gasteiger partial charge in [0.1, 0.15) is 4.99 Å². The van der Waals surface area contributed by atoms with Crippen LogP contribution in [0.15, 0.2) is 18.2 Å². The lowest BCUT2D eigenvalue weighted by molar-refractivity contribution is 0.136. The molecule has 3 nitrogen and oxygen atoms in total. The van der Waals surface area contributed by atoms with E-state index in [1.165, 1.54) is 19.3 Å². The van der Waals surface area contributed by atoms with Gasteiger partial charge in [-0.1, -0.05) is 36.3 Å². The Bertz CT molecular complexity index is 468. The lowest BCUT2D eigenvalue weighted by Crippen LogP contribution is -2.47. The number of benzene rings is 1. The van der Waals surface area contributed by atoms with Crippen molar-refractivity contribution in [3.63, 3.8) is 0 Å². The Morgan fingerprint density at radius 3 is 2.58 bits per heavy atom. The van der Waals surface area contributed by atoms with E-state index in [9.17, 15) is 0 Å². The highest BCUT2D eigenvalue weighted by Gasteiger charge is 2.25. The highest BCUT2D eigenvalue weighted by Crippen LogP contribution is 2.28. The maximum atomic E-state index is 6.19. The third-order valence-corrected chi connectivity index (χ3v) is 4.22. The van der Waals surface area contributed by atoms with E-state index in [2.05, 4.69) is 24.3 Å². The number of piperidine rings is 1. The van der Waals surface area contributed by atoms with Crippen LogP contribution in [0.1, 0.15) is 38.7 Å². The van der Waals surface area contributed by atoms with E-state index in [-0.39, 0.29) is 0 Å². The highest BCUT2D eigenvalue weighted by atomic mass is 35.5. The largest absolute Gasteiger partial charge is 0.389 e. The van der Waals surface area contributed by atoms with Crippen molar-refractivity contribution in [3.05, 3.63) is 28.8 Å². The molecule has 0 bridgehead atoms. The molecule has 0 spiro atoms. The van der Waals surface area contributed by atoms with Gasteiger partial charge in [-0.05, 0) is 38.8 Å². The highest BCUT2D eigenvalue weighted by molar-refractivity contribution is 7.80. The molecule has 104 valence electrons. The van der Waals surface area contributed by atoms with Crippen LogP contribution >= 0.6 is 23.8 Å². The van der Waals surface area contributed by atoms with E-state index in [0.29, 0.717) is 22.1 Å². The molecule has 2 atom stereocenters. The molecule has 3 N–H and O–H groups in total. The summed E-state index contributed by atoms with van der Waals surface area (Å²) >= 11 is 11.3. The topological polar surface area (TPSA) is 41.3 Å². The Morgan fingerprint density at radius 1 is 1.37 bits per heavy atom. The predicted octanol–water partition coefficient (Wildman–Crippen LogP) is 3.56. The van der Waals surface area contributed by atoms with Gasteiger partial charge in [-0.25, -0.2) is 5.01 Å². The molecular formula is C14H20ClN3S. The second-order valence-corrected chi connectivity index (χ2v) is 6.02. The lowest BCUT2D eigenvalue weighted by Gasteiger charge is -2.39. The predicted molar refractivity (Wildman–Crippen MR) is 85.6 cm³/mol. The molecule has 1 aromatic rings. The fourth-order valence-electron chi connectivity index (χ4n) is 2.65. The Morgan fingerprint density at radius 2 is 2.00 bits per heavy atom. The zero-order valence-corrected chi connectivity index (χ0v) is 12.9. The number of rotatable bonds is 3. The third kappa shape index (κ3) is 3.19. The third-order valence-electron chi connectivity index (χ3n) is 3.70. The zero-order chi connectivity index (χ0) is 14.0. The van der Waals surface area contributed by atoms with Crippen LogP contribution in [-0.2, 0) is 0 Å². The summed E-state index contributed by atoms with van der Waals surface area (Å²) in [4.78, 5) is 0.324. The normalized spacial score (nSPS) is 24.2. The van der Waals surface area contributed by atoms with E-state index in [4.69, 9.17) is 29.6 Å². The first-order valence-electron chi connectivity index (χ1n) is 6.64. The molecule has 1 aliphatic heterocycles. The van der Waals surface area contributed by atoms with E-state index in [1.54, 1.807) is 0 Å². The molecule has 0 aromatic heterocycles. The van der Waals surface area contributed by atoms with Crippen LogP contribution < -0.4 is 11.2 Å². The fourth-order valence-corrected chi connectivity index (χ4v) is 3.20. The molecular weight excluding hydrogens is 278 g/mol. The monoisotopic (exact) mass is 297 g/mol. The Hall–Kier alpha value is -0.840. The van der Waals surface area contributed by atoms with Crippen molar-refractivity contribution in [2.75, 3.05) is 5.43 Å². The number of halogens is 1. The first-order valence-corrected chi connectivity index (χ1v) is 7.42. The van der Waals surface area contributed by atoms with Crippen molar-refractivity contribution in [1.82, 2.24) is 5.01 Å². The minimum absolute atomic E-state index is 0.324. The molecule has 5 heteroatoms. The molecule has 2 unspecified atom stereocenters. The van der Waals surface area contributed by atoms with Gasteiger partial charge in [0.15, 0.2) is 0 Å². The average Bonchev–Trinajstić information content (AvgIpc) is 2.33. The molecule has 0 aliphatic carbocycles. The number of nitrogens with zero attached hydrogens (tertiary/aromatic N) is 1. The van der Waals surface area contributed by atoms with Gasteiger partial charge in [0, 0.05) is 12.1 Å². The van der Waals surface area contributed by atoms with Crippen LogP contribution in [0, 0.1) is 0 Å². The second-order valence-electron chi connectivity index (χ2n) is 5.17. The molecule has 19 heavy (non-hydrogen) atoms. The Kier molecular flexibility index (Phi) is 4.66. The summed E-state index contributed by atoms with van der Waals surface area (Å²) in [6, 6.07) is 6.66. The molecule has 2 rings (SSSR count). The van der Waals surface area contributed by atoms with Crippen LogP contribution in [0.2, 0.25) is 5.02 Å². The zero-order valence-electron chi connectivity index (χ0n) is 11.3. The Labute approximate surface area is 125 Å². The van der Waals surface area contributed by atoms with Crippen molar-refractivity contribution in [1.29, 1.82) is 0 Å². The minimum atomic E-state index is 0.324. The van der Waals surface area contributed by atoms with Crippen molar-refractivity contribution < 1.29 is 0 Å². The average molecular weight is 298 g/mol. The van der Waals surface area contributed by atoms with Crippen molar-refractivity contribution in [2.45, 2.75) is 45.2 Å². The SMILES string of the molecule is CC1CCCC(C)N1Nc1cccc(Cl)c1C(N)=S. The number of anilines is 1. The number of nitrogens with two attached hydrogens (primary N) is 1. The van der Waals surface area contributed by atoms with Crippen molar-refractivity contribution in [2.24, 2.45) is 5.73 Å². The van der Waals surface area contributed by atoms with Crippen molar-refractivity contribution in [3.8, 4) is 0 Å². The standard InChI is InChI=1S/C14H20ClN3S/c1-9-5-3-6-10(2)18(9)17-12-8-4-7-11(15)13(12)14(16)19/h4,7-10,17H,3,5-6H2,1-2H3,(H2,16,19). The van der Waals surface area contributed by atoms with E-state index < -0.39 is 0 Å². The summed E-state index contributed by atoms with van der Waals surface area (Å²) in [6.07, 6.45) is 3.67. The van der Waals surface area contributed by atoms with E-state index >= 15 is 0 Å². The summed E-state index contributed by atoms with van der Waals surface area (Å²) in [5, 5.41) is 2.87. The summed E-state index contributed by atoms with van der Waals surface area (Å²) in [5.74, 6) is 0. The first kappa shape index (κ1) is 14.6. The van der Waals surface area contributed by atoms with Gasteiger partial charge in [-0.3, -0.25) is 0 Å². The van der Waals surface area contributed by atoms with Gasteiger partial charge >= 0.3 is 0 Å². The van der Waals surface area contributed by atoms with Gasteiger partial charge in [0.05, 0.1) is 16.3 Å². The maximum absolute atomic E-state index is 6.19. The fraction of sp³-hybridized carbons (Fsp3) is 0.500. The smallest absolute Gasteiger partial charge is 0.107 e. The molecule has 1 fully saturated rings. The van der Waals surface area contributed by atoms with E-state index in [0.717, 1.165) is 11.3 Å². The molecule has 1 heterocycles. The van der Waals surface area contributed by atoms with Crippen LogP contribution in [0.5, 0.6) is 0 Å². The van der Waals surface area contributed by atoms with Crippen LogP contribution in [0.3, 0.4) is 0 Å². The summed E-state index contributed by atoms with van der Waals surface area (Å²) in [7, 11) is 0. The molecule has 1 saturated heterocycles. The quantitative estimate of drug-likeness (QED) is 0.837. The Balaban J connectivity index is 2.27. The molecule has 1 aromatic carbocycles. The molecule has 0 radical (unpaired) electrons. The van der Waals surface area contributed by atoms with Gasteiger partial charge < -0.3 is 11.2 Å².